The fourth-order valence-electron chi connectivity index (χ4n) is 2.10. The van der Waals surface area contributed by atoms with E-state index < -0.39 is 21.5 Å². The van der Waals surface area contributed by atoms with E-state index in [0.29, 0.717) is 19.4 Å². The van der Waals surface area contributed by atoms with Crippen molar-refractivity contribution in [2.24, 2.45) is 11.7 Å². The molecule has 112 valence electrons. The highest BCUT2D eigenvalue weighted by atomic mass is 32.2. The zero-order valence-electron chi connectivity index (χ0n) is 11.8. The van der Waals surface area contributed by atoms with Crippen LogP contribution >= 0.6 is 0 Å². The van der Waals surface area contributed by atoms with Gasteiger partial charge in [0.25, 0.3) is 0 Å². The van der Waals surface area contributed by atoms with Crippen LogP contribution < -0.4 is 11.1 Å². The molecule has 0 aromatic carbocycles. The standard InChI is InChI=1S/C12H24N2O4S/c1-12(2,3)18-11(15)14-7-10(13)6-9-4-5-19(16,17)8-9/h9-10H,4-8,13H2,1-3H3,(H,14,15). The van der Waals surface area contributed by atoms with Crippen molar-refractivity contribution in [3.63, 3.8) is 0 Å². The quantitative estimate of drug-likeness (QED) is 0.793. The van der Waals surface area contributed by atoms with E-state index in [1.54, 1.807) is 20.8 Å². The summed E-state index contributed by atoms with van der Waals surface area (Å²) in [5.74, 6) is 0.581. The molecule has 0 aromatic heterocycles. The molecule has 1 aliphatic rings. The van der Waals surface area contributed by atoms with Crippen LogP contribution in [-0.2, 0) is 14.6 Å². The SMILES string of the molecule is CC(C)(C)OC(=O)NCC(N)CC1CCS(=O)(=O)C1. The first-order valence-corrected chi connectivity index (χ1v) is 8.32. The number of hydrogen-bond donors (Lipinski definition) is 2. The highest BCUT2D eigenvalue weighted by molar-refractivity contribution is 7.91. The Bertz CT molecular complexity index is 414. The van der Waals surface area contributed by atoms with Crippen LogP contribution in [0.2, 0.25) is 0 Å². The molecule has 0 spiro atoms. The Hall–Kier alpha value is -0.820. The molecule has 1 fully saturated rings. The van der Waals surface area contributed by atoms with Crippen molar-refractivity contribution in [3.05, 3.63) is 0 Å². The van der Waals surface area contributed by atoms with Crippen molar-refractivity contribution in [1.82, 2.24) is 5.32 Å². The van der Waals surface area contributed by atoms with E-state index >= 15 is 0 Å². The van der Waals surface area contributed by atoms with Crippen LogP contribution in [0.5, 0.6) is 0 Å². The summed E-state index contributed by atoms with van der Waals surface area (Å²) in [5, 5.41) is 2.60. The largest absolute Gasteiger partial charge is 0.444 e. The van der Waals surface area contributed by atoms with Crippen LogP contribution in [-0.4, -0.2) is 44.2 Å². The minimum absolute atomic E-state index is 0.112. The molecule has 2 atom stereocenters. The van der Waals surface area contributed by atoms with Crippen molar-refractivity contribution >= 4 is 15.9 Å². The summed E-state index contributed by atoms with van der Waals surface area (Å²) in [5.41, 5.74) is 5.36. The summed E-state index contributed by atoms with van der Waals surface area (Å²) in [7, 11) is -2.86. The zero-order valence-corrected chi connectivity index (χ0v) is 12.6. The summed E-state index contributed by atoms with van der Waals surface area (Å²) >= 11 is 0. The maximum atomic E-state index is 11.4. The van der Waals surface area contributed by atoms with E-state index in [9.17, 15) is 13.2 Å². The molecular formula is C12H24N2O4S. The fourth-order valence-corrected chi connectivity index (χ4v) is 3.98. The monoisotopic (exact) mass is 292 g/mol. The lowest BCUT2D eigenvalue weighted by atomic mass is 10.00. The first-order chi connectivity index (χ1) is 8.57. The average molecular weight is 292 g/mol. The molecule has 6 nitrogen and oxygen atoms in total. The van der Waals surface area contributed by atoms with Crippen LogP contribution in [0.25, 0.3) is 0 Å². The summed E-state index contributed by atoms with van der Waals surface area (Å²) in [6.45, 7) is 5.66. The Morgan fingerprint density at radius 3 is 2.58 bits per heavy atom. The van der Waals surface area contributed by atoms with E-state index in [0.717, 1.165) is 0 Å². The number of sulfone groups is 1. The first-order valence-electron chi connectivity index (χ1n) is 6.50. The number of alkyl carbamates (subject to hydrolysis) is 1. The lowest BCUT2D eigenvalue weighted by Gasteiger charge is -2.21. The van der Waals surface area contributed by atoms with Crippen molar-refractivity contribution in [3.8, 4) is 0 Å². The Morgan fingerprint density at radius 2 is 2.11 bits per heavy atom. The molecule has 1 aliphatic heterocycles. The molecule has 0 radical (unpaired) electrons. The Balaban J connectivity index is 2.25. The third-order valence-corrected chi connectivity index (χ3v) is 4.71. The van der Waals surface area contributed by atoms with Crippen molar-refractivity contribution in [2.75, 3.05) is 18.1 Å². The lowest BCUT2D eigenvalue weighted by Crippen LogP contribution is -2.41. The van der Waals surface area contributed by atoms with Crippen LogP contribution in [0.4, 0.5) is 4.79 Å². The highest BCUT2D eigenvalue weighted by Gasteiger charge is 2.29. The van der Waals surface area contributed by atoms with Crippen molar-refractivity contribution < 1.29 is 17.9 Å². The third kappa shape index (κ3) is 6.77. The molecule has 1 rings (SSSR count). The summed E-state index contributed by atoms with van der Waals surface area (Å²) in [4.78, 5) is 11.4. The van der Waals surface area contributed by atoms with E-state index in [1.165, 1.54) is 0 Å². The van der Waals surface area contributed by atoms with Gasteiger partial charge in [0.2, 0.25) is 0 Å². The van der Waals surface area contributed by atoms with Gasteiger partial charge < -0.3 is 15.8 Å². The average Bonchev–Trinajstić information content (AvgIpc) is 2.52. The number of ether oxygens (including phenoxy) is 1. The second-order valence-corrected chi connectivity index (χ2v) is 8.38. The van der Waals surface area contributed by atoms with E-state index in [1.807, 2.05) is 0 Å². The molecule has 0 aliphatic carbocycles. The van der Waals surface area contributed by atoms with Gasteiger partial charge in [0.15, 0.2) is 9.84 Å². The molecular weight excluding hydrogens is 268 g/mol. The summed E-state index contributed by atoms with van der Waals surface area (Å²) in [6, 6.07) is -0.245. The van der Waals surface area contributed by atoms with Gasteiger partial charge in [-0.25, -0.2) is 13.2 Å². The number of carbonyl (C=O) groups is 1. The van der Waals surface area contributed by atoms with Crippen molar-refractivity contribution in [2.45, 2.75) is 45.3 Å². The van der Waals surface area contributed by atoms with E-state index in [2.05, 4.69) is 5.32 Å². The van der Waals surface area contributed by atoms with Crippen LogP contribution in [0, 0.1) is 5.92 Å². The van der Waals surface area contributed by atoms with Gasteiger partial charge >= 0.3 is 6.09 Å². The topological polar surface area (TPSA) is 98.5 Å². The third-order valence-electron chi connectivity index (χ3n) is 2.87. The Labute approximate surface area is 115 Å². The maximum absolute atomic E-state index is 11.4. The van der Waals surface area contributed by atoms with Gasteiger partial charge in [0.1, 0.15) is 5.60 Å². The molecule has 0 bridgehead atoms. The zero-order chi connectivity index (χ0) is 14.7. The van der Waals surface area contributed by atoms with Crippen LogP contribution in [0.1, 0.15) is 33.6 Å². The number of hydrogen-bond acceptors (Lipinski definition) is 5. The van der Waals surface area contributed by atoms with Gasteiger partial charge in [0.05, 0.1) is 11.5 Å². The van der Waals surface area contributed by atoms with Gasteiger partial charge in [-0.2, -0.15) is 0 Å². The van der Waals surface area contributed by atoms with Gasteiger partial charge in [0, 0.05) is 12.6 Å². The molecule has 1 heterocycles. The first kappa shape index (κ1) is 16.2. The molecule has 19 heavy (non-hydrogen) atoms. The molecule has 3 N–H and O–H groups in total. The van der Waals surface area contributed by atoms with Gasteiger partial charge in [-0.05, 0) is 39.5 Å². The number of carbonyl (C=O) groups excluding carboxylic acids is 1. The number of amides is 1. The van der Waals surface area contributed by atoms with Gasteiger partial charge in [-0.1, -0.05) is 0 Å². The second kappa shape index (κ2) is 6.09. The molecule has 1 amide bonds. The lowest BCUT2D eigenvalue weighted by molar-refractivity contribution is 0.0523. The molecule has 1 saturated heterocycles. The Morgan fingerprint density at radius 1 is 1.47 bits per heavy atom. The van der Waals surface area contributed by atoms with Gasteiger partial charge in [-0.15, -0.1) is 0 Å². The van der Waals surface area contributed by atoms with E-state index in [-0.39, 0.29) is 23.5 Å². The highest BCUT2D eigenvalue weighted by Crippen LogP contribution is 2.22. The molecule has 0 saturated carbocycles. The minimum Gasteiger partial charge on any atom is -0.444 e. The molecule has 7 heteroatoms. The van der Waals surface area contributed by atoms with Gasteiger partial charge in [-0.3, -0.25) is 0 Å². The normalized spacial score (nSPS) is 23.9. The smallest absolute Gasteiger partial charge is 0.407 e. The van der Waals surface area contributed by atoms with Crippen molar-refractivity contribution in [1.29, 1.82) is 0 Å². The second-order valence-electron chi connectivity index (χ2n) is 6.15. The maximum Gasteiger partial charge on any atom is 0.407 e. The minimum atomic E-state index is -2.86. The van der Waals surface area contributed by atoms with Crippen LogP contribution in [0.3, 0.4) is 0 Å². The number of nitrogens with two attached hydrogens (primary N) is 1. The predicted molar refractivity (Wildman–Crippen MR) is 73.6 cm³/mol. The summed E-state index contributed by atoms with van der Waals surface area (Å²) < 4.78 is 27.7. The van der Waals surface area contributed by atoms with Crippen LogP contribution in [0.15, 0.2) is 0 Å². The molecule has 0 aromatic rings. The van der Waals surface area contributed by atoms with E-state index in [4.69, 9.17) is 10.5 Å². The number of nitrogens with one attached hydrogen (secondary N) is 1. The molecule has 2 unspecified atom stereocenters. The Kier molecular flexibility index (Phi) is 5.20. The summed E-state index contributed by atoms with van der Waals surface area (Å²) in [6.07, 6.45) is 0.777. The predicted octanol–water partition coefficient (Wildman–Crippen LogP) is 0.663. The fraction of sp³-hybridized carbons (Fsp3) is 0.917. The number of rotatable bonds is 4.